The fourth-order valence-corrected chi connectivity index (χ4v) is 2.42. The minimum atomic E-state index is -0.442. The molecule has 0 bridgehead atoms. The standard InChI is InChI=1S/C16H21FN2O3/c1-11(2)14-10-22-16(21)19(14)9-15(20)18(3)8-12-4-6-13(17)7-5-12/h4-7,11,14H,8-10H2,1-3H3/t14-/m1/s1. The zero-order valence-corrected chi connectivity index (χ0v) is 13.1. The lowest BCUT2D eigenvalue weighted by atomic mass is 10.0. The summed E-state index contributed by atoms with van der Waals surface area (Å²) in [5.41, 5.74) is 0.835. The second kappa shape index (κ2) is 6.77. The molecule has 0 unspecified atom stereocenters. The average molecular weight is 308 g/mol. The van der Waals surface area contributed by atoms with Crippen molar-refractivity contribution >= 4 is 12.0 Å². The number of rotatable bonds is 5. The molecule has 0 N–H and O–H groups in total. The van der Waals surface area contributed by atoms with Gasteiger partial charge in [0.2, 0.25) is 5.91 Å². The highest BCUT2D eigenvalue weighted by molar-refractivity contribution is 5.83. The van der Waals surface area contributed by atoms with Crippen LogP contribution in [0.1, 0.15) is 19.4 Å². The van der Waals surface area contributed by atoms with Gasteiger partial charge in [-0.2, -0.15) is 0 Å². The number of amides is 2. The third-order valence-corrected chi connectivity index (χ3v) is 3.85. The maximum Gasteiger partial charge on any atom is 0.410 e. The Bertz CT molecular complexity index is 545. The maximum absolute atomic E-state index is 12.9. The molecule has 0 spiro atoms. The van der Waals surface area contributed by atoms with Gasteiger partial charge in [-0.05, 0) is 23.6 Å². The molecule has 0 aliphatic carbocycles. The van der Waals surface area contributed by atoms with Gasteiger partial charge in [-0.3, -0.25) is 9.69 Å². The van der Waals surface area contributed by atoms with Crippen LogP contribution in [0.3, 0.4) is 0 Å². The van der Waals surface area contributed by atoms with E-state index in [2.05, 4.69) is 0 Å². The molecule has 1 saturated heterocycles. The normalized spacial score (nSPS) is 17.8. The maximum atomic E-state index is 12.9. The van der Waals surface area contributed by atoms with E-state index >= 15 is 0 Å². The van der Waals surface area contributed by atoms with Gasteiger partial charge in [0.1, 0.15) is 19.0 Å². The summed E-state index contributed by atoms with van der Waals surface area (Å²) in [6, 6.07) is 5.93. The van der Waals surface area contributed by atoms with E-state index in [1.54, 1.807) is 19.2 Å². The number of hydrogen-bond acceptors (Lipinski definition) is 3. The van der Waals surface area contributed by atoms with Gasteiger partial charge in [0.15, 0.2) is 0 Å². The van der Waals surface area contributed by atoms with Crippen LogP contribution in [-0.4, -0.2) is 48.0 Å². The highest BCUT2D eigenvalue weighted by atomic mass is 19.1. The first-order chi connectivity index (χ1) is 10.4. The molecule has 22 heavy (non-hydrogen) atoms. The van der Waals surface area contributed by atoms with E-state index in [0.717, 1.165) is 5.56 Å². The molecule has 5 nitrogen and oxygen atoms in total. The van der Waals surface area contributed by atoms with Crippen LogP contribution >= 0.6 is 0 Å². The van der Waals surface area contributed by atoms with Crippen molar-refractivity contribution in [1.82, 2.24) is 9.80 Å². The topological polar surface area (TPSA) is 49.9 Å². The van der Waals surface area contributed by atoms with E-state index < -0.39 is 6.09 Å². The van der Waals surface area contributed by atoms with Crippen LogP contribution in [0.5, 0.6) is 0 Å². The second-order valence-electron chi connectivity index (χ2n) is 5.89. The zero-order valence-electron chi connectivity index (χ0n) is 13.1. The molecule has 1 aliphatic rings. The third-order valence-electron chi connectivity index (χ3n) is 3.85. The van der Waals surface area contributed by atoms with Crippen molar-refractivity contribution in [2.75, 3.05) is 20.2 Å². The second-order valence-corrected chi connectivity index (χ2v) is 5.89. The van der Waals surface area contributed by atoms with Crippen molar-refractivity contribution in [2.45, 2.75) is 26.4 Å². The molecular weight excluding hydrogens is 287 g/mol. The average Bonchev–Trinajstić information content (AvgIpc) is 2.83. The Balaban J connectivity index is 1.95. The largest absolute Gasteiger partial charge is 0.447 e. The lowest BCUT2D eigenvalue weighted by molar-refractivity contribution is -0.131. The number of hydrogen-bond donors (Lipinski definition) is 0. The van der Waals surface area contributed by atoms with Gasteiger partial charge in [0.25, 0.3) is 0 Å². The summed E-state index contributed by atoms with van der Waals surface area (Å²) in [6.07, 6.45) is -0.442. The number of carbonyl (C=O) groups is 2. The Morgan fingerprint density at radius 2 is 2.05 bits per heavy atom. The van der Waals surface area contributed by atoms with E-state index in [0.29, 0.717) is 13.2 Å². The smallest absolute Gasteiger partial charge is 0.410 e. The minimum absolute atomic E-state index is 0.000620. The predicted molar refractivity (Wildman–Crippen MR) is 79.6 cm³/mol. The molecule has 0 saturated carbocycles. The number of halogens is 1. The van der Waals surface area contributed by atoms with Gasteiger partial charge in [-0.25, -0.2) is 9.18 Å². The molecule has 1 heterocycles. The van der Waals surface area contributed by atoms with Gasteiger partial charge >= 0.3 is 6.09 Å². The number of cyclic esters (lactones) is 1. The lowest BCUT2D eigenvalue weighted by Gasteiger charge is -2.26. The number of nitrogens with zero attached hydrogens (tertiary/aromatic N) is 2. The first-order valence-corrected chi connectivity index (χ1v) is 7.30. The fraction of sp³-hybridized carbons (Fsp3) is 0.500. The van der Waals surface area contributed by atoms with E-state index in [9.17, 15) is 14.0 Å². The first-order valence-electron chi connectivity index (χ1n) is 7.30. The van der Waals surface area contributed by atoms with E-state index in [1.807, 2.05) is 13.8 Å². The number of ether oxygens (including phenoxy) is 1. The van der Waals surface area contributed by atoms with Crippen LogP contribution in [0.25, 0.3) is 0 Å². The van der Waals surface area contributed by atoms with Crippen molar-refractivity contribution in [1.29, 1.82) is 0 Å². The molecule has 1 aromatic rings. The monoisotopic (exact) mass is 308 g/mol. The van der Waals surface area contributed by atoms with Crippen molar-refractivity contribution in [3.05, 3.63) is 35.6 Å². The molecule has 1 aliphatic heterocycles. The molecule has 0 aromatic heterocycles. The minimum Gasteiger partial charge on any atom is -0.447 e. The summed E-state index contributed by atoms with van der Waals surface area (Å²) >= 11 is 0. The summed E-state index contributed by atoms with van der Waals surface area (Å²) < 4.78 is 17.9. The van der Waals surface area contributed by atoms with Crippen molar-refractivity contribution in [2.24, 2.45) is 5.92 Å². The molecule has 1 aromatic carbocycles. The molecular formula is C16H21FN2O3. The number of likely N-dealkylation sites (N-methyl/N-ethyl adjacent to an activating group) is 1. The van der Waals surface area contributed by atoms with Crippen LogP contribution in [0.4, 0.5) is 9.18 Å². The molecule has 2 amide bonds. The Hall–Kier alpha value is -2.11. The van der Waals surface area contributed by atoms with Crippen molar-refractivity contribution in [3.63, 3.8) is 0 Å². The highest BCUT2D eigenvalue weighted by Crippen LogP contribution is 2.19. The van der Waals surface area contributed by atoms with E-state index in [4.69, 9.17) is 4.74 Å². The zero-order chi connectivity index (χ0) is 16.3. The highest BCUT2D eigenvalue weighted by Gasteiger charge is 2.36. The SMILES string of the molecule is CC(C)[C@H]1COC(=O)N1CC(=O)N(C)Cc1ccc(F)cc1. The summed E-state index contributed by atoms with van der Waals surface area (Å²) in [7, 11) is 1.66. The van der Waals surface area contributed by atoms with Gasteiger partial charge in [0.05, 0.1) is 6.04 Å². The predicted octanol–water partition coefficient (Wildman–Crippen LogP) is 2.26. The third kappa shape index (κ3) is 3.75. The molecule has 2 rings (SSSR count). The van der Waals surface area contributed by atoms with Crippen LogP contribution in [0, 0.1) is 11.7 Å². The van der Waals surface area contributed by atoms with Crippen molar-refractivity contribution in [3.8, 4) is 0 Å². The molecule has 1 fully saturated rings. The number of benzene rings is 1. The van der Waals surface area contributed by atoms with E-state index in [1.165, 1.54) is 21.9 Å². The van der Waals surface area contributed by atoms with Crippen LogP contribution in [0.2, 0.25) is 0 Å². The summed E-state index contributed by atoms with van der Waals surface area (Å²) in [4.78, 5) is 27.0. The number of carbonyl (C=O) groups excluding carboxylic acids is 2. The van der Waals surface area contributed by atoms with Crippen molar-refractivity contribution < 1.29 is 18.7 Å². The Morgan fingerprint density at radius 3 is 2.64 bits per heavy atom. The van der Waals surface area contributed by atoms with Crippen LogP contribution < -0.4 is 0 Å². The van der Waals surface area contributed by atoms with Crippen LogP contribution in [0.15, 0.2) is 24.3 Å². The molecule has 0 radical (unpaired) electrons. The van der Waals surface area contributed by atoms with Crippen LogP contribution in [-0.2, 0) is 16.1 Å². The fourth-order valence-electron chi connectivity index (χ4n) is 2.42. The quantitative estimate of drug-likeness (QED) is 0.838. The summed E-state index contributed by atoms with van der Waals surface area (Å²) in [5, 5.41) is 0. The molecule has 1 atom stereocenters. The van der Waals surface area contributed by atoms with E-state index in [-0.39, 0.29) is 30.2 Å². The van der Waals surface area contributed by atoms with Gasteiger partial charge in [-0.15, -0.1) is 0 Å². The Kier molecular flexibility index (Phi) is 5.00. The first kappa shape index (κ1) is 16.3. The summed E-state index contributed by atoms with van der Waals surface area (Å²) in [6.45, 7) is 4.68. The molecule has 6 heteroatoms. The lowest BCUT2D eigenvalue weighted by Crippen LogP contribution is -2.44. The van der Waals surface area contributed by atoms with Gasteiger partial charge in [-0.1, -0.05) is 26.0 Å². The Labute approximate surface area is 129 Å². The van der Waals surface area contributed by atoms with Gasteiger partial charge < -0.3 is 9.64 Å². The summed E-state index contributed by atoms with van der Waals surface area (Å²) in [5.74, 6) is -0.257. The van der Waals surface area contributed by atoms with Gasteiger partial charge in [0, 0.05) is 13.6 Å². The molecule has 120 valence electrons. The Morgan fingerprint density at radius 1 is 1.41 bits per heavy atom.